The van der Waals surface area contributed by atoms with Gasteiger partial charge in [0.25, 0.3) is 0 Å². The first kappa shape index (κ1) is 19.5. The number of nitrogens with zero attached hydrogens (tertiary/aromatic N) is 2. The third kappa shape index (κ3) is 4.36. The van der Waals surface area contributed by atoms with E-state index in [1.165, 1.54) is 22.1 Å². The van der Waals surface area contributed by atoms with Gasteiger partial charge >= 0.3 is 0 Å². The highest BCUT2D eigenvalue weighted by Gasteiger charge is 2.29. The third-order valence-electron chi connectivity index (χ3n) is 4.07. The average Bonchev–Trinajstić information content (AvgIpc) is 2.62. The van der Waals surface area contributed by atoms with Gasteiger partial charge in [-0.1, -0.05) is 41.4 Å². The maximum Gasteiger partial charge on any atom is 0.244 e. The maximum atomic E-state index is 13.2. The van der Waals surface area contributed by atoms with Crippen molar-refractivity contribution in [2.45, 2.75) is 33.9 Å². The van der Waals surface area contributed by atoms with Gasteiger partial charge in [0.05, 0.1) is 16.5 Å². The number of benzene rings is 2. The fourth-order valence-corrected chi connectivity index (χ4v) is 6.46. The fourth-order valence-electron chi connectivity index (χ4n) is 2.82. The molecule has 8 heteroatoms. The fraction of sp³-hybridized carbons (Fsp3) is 0.278. The lowest BCUT2D eigenvalue weighted by molar-refractivity contribution is 0.346. The largest absolute Gasteiger partial charge is 0.244 e. The number of halogens is 2. The van der Waals surface area contributed by atoms with Crippen molar-refractivity contribution in [1.82, 2.24) is 4.31 Å². The molecule has 0 bridgehead atoms. The summed E-state index contributed by atoms with van der Waals surface area (Å²) in [6.45, 7) is 1.01. The summed E-state index contributed by atoms with van der Waals surface area (Å²) >= 11 is 13.4. The summed E-state index contributed by atoms with van der Waals surface area (Å²) in [6.07, 6.45) is 2.74. The molecule has 0 spiro atoms. The van der Waals surface area contributed by atoms with Gasteiger partial charge in [0.1, 0.15) is 0 Å². The van der Waals surface area contributed by atoms with Gasteiger partial charge in [-0.3, -0.25) is 0 Å². The van der Waals surface area contributed by atoms with Crippen LogP contribution in [0.15, 0.2) is 51.1 Å². The van der Waals surface area contributed by atoms with Crippen molar-refractivity contribution in [1.29, 1.82) is 5.26 Å². The Labute approximate surface area is 167 Å². The molecule has 2 aromatic carbocycles. The Hall–Kier alpha value is -1.23. The van der Waals surface area contributed by atoms with Crippen molar-refractivity contribution in [3.05, 3.63) is 52.0 Å². The minimum Gasteiger partial charge on any atom is -0.207 e. The minimum absolute atomic E-state index is 0.152. The monoisotopic (exact) mass is 426 g/mol. The number of hydrogen-bond donors (Lipinski definition) is 0. The van der Waals surface area contributed by atoms with Gasteiger partial charge in [-0.25, -0.2) is 8.42 Å². The Balaban J connectivity index is 2.04. The van der Waals surface area contributed by atoms with Gasteiger partial charge < -0.3 is 0 Å². The van der Waals surface area contributed by atoms with E-state index >= 15 is 0 Å². The van der Waals surface area contributed by atoms with Crippen molar-refractivity contribution < 1.29 is 8.42 Å². The number of piperidine rings is 1. The van der Waals surface area contributed by atoms with E-state index < -0.39 is 10.0 Å². The van der Waals surface area contributed by atoms with Crippen LogP contribution in [0.3, 0.4) is 0 Å². The van der Waals surface area contributed by atoms with Crippen LogP contribution in [0, 0.1) is 11.3 Å². The van der Waals surface area contributed by atoms with Crippen LogP contribution in [0.4, 0.5) is 0 Å². The first-order valence-corrected chi connectivity index (χ1v) is 11.1. The van der Waals surface area contributed by atoms with Gasteiger partial charge in [0.15, 0.2) is 0 Å². The molecule has 0 atom stereocenters. The Bertz CT molecular complexity index is 945. The van der Waals surface area contributed by atoms with E-state index in [4.69, 9.17) is 23.2 Å². The molecule has 2 aromatic rings. The summed E-state index contributed by atoms with van der Waals surface area (Å²) in [4.78, 5) is 1.44. The van der Waals surface area contributed by atoms with Crippen LogP contribution in [-0.4, -0.2) is 25.8 Å². The SMILES string of the molecule is N#Cc1ccc(Sc2cc(Cl)cc(Cl)c2)c(S(=O)(=O)N2CCCCC2)c1. The van der Waals surface area contributed by atoms with Crippen LogP contribution < -0.4 is 0 Å². The van der Waals surface area contributed by atoms with E-state index in [0.29, 0.717) is 33.6 Å². The van der Waals surface area contributed by atoms with Crippen LogP contribution in [-0.2, 0) is 10.0 Å². The van der Waals surface area contributed by atoms with Crippen molar-refractivity contribution in [3.8, 4) is 6.07 Å². The zero-order chi connectivity index (χ0) is 18.7. The molecule has 3 rings (SSSR count). The zero-order valence-corrected chi connectivity index (χ0v) is 16.9. The quantitative estimate of drug-likeness (QED) is 0.674. The minimum atomic E-state index is -3.67. The summed E-state index contributed by atoms with van der Waals surface area (Å²) in [6, 6.07) is 11.8. The Morgan fingerprint density at radius 2 is 1.65 bits per heavy atom. The van der Waals surface area contributed by atoms with Crippen LogP contribution >= 0.6 is 35.0 Å². The second-order valence-corrected chi connectivity index (χ2v) is 9.84. The highest BCUT2D eigenvalue weighted by atomic mass is 35.5. The zero-order valence-electron chi connectivity index (χ0n) is 13.8. The first-order chi connectivity index (χ1) is 12.4. The normalized spacial score (nSPS) is 15.6. The molecule has 0 unspecified atom stereocenters. The topological polar surface area (TPSA) is 61.2 Å². The highest BCUT2D eigenvalue weighted by molar-refractivity contribution is 8.00. The van der Waals surface area contributed by atoms with E-state index in [0.717, 1.165) is 24.2 Å². The molecule has 0 saturated carbocycles. The molecular formula is C18H16Cl2N2O2S2. The first-order valence-electron chi connectivity index (χ1n) is 8.08. The molecule has 136 valence electrons. The lowest BCUT2D eigenvalue weighted by Crippen LogP contribution is -2.35. The van der Waals surface area contributed by atoms with Crippen molar-refractivity contribution >= 4 is 45.0 Å². The molecule has 0 amide bonds. The Morgan fingerprint density at radius 1 is 1.00 bits per heavy atom. The standard InChI is InChI=1S/C18H16Cl2N2O2S2/c19-14-9-15(20)11-16(10-14)25-17-5-4-13(12-21)8-18(17)26(23,24)22-6-2-1-3-7-22/h4-5,8-11H,1-3,6-7H2. The van der Waals surface area contributed by atoms with Crippen LogP contribution in [0.5, 0.6) is 0 Å². The van der Waals surface area contributed by atoms with Crippen molar-refractivity contribution in [2.24, 2.45) is 0 Å². The summed E-state index contributed by atoms with van der Waals surface area (Å²) < 4.78 is 27.8. The highest BCUT2D eigenvalue weighted by Crippen LogP contribution is 2.37. The van der Waals surface area contributed by atoms with E-state index in [1.54, 1.807) is 30.3 Å². The van der Waals surface area contributed by atoms with Gasteiger partial charge in [-0.05, 0) is 49.2 Å². The number of nitriles is 1. The molecule has 1 saturated heterocycles. The van der Waals surface area contributed by atoms with Crippen LogP contribution in [0.25, 0.3) is 0 Å². The second-order valence-electron chi connectivity index (χ2n) is 5.95. The lowest BCUT2D eigenvalue weighted by atomic mass is 10.2. The summed E-state index contributed by atoms with van der Waals surface area (Å²) in [7, 11) is -3.67. The van der Waals surface area contributed by atoms with Gasteiger partial charge in [0, 0.05) is 32.9 Å². The molecule has 0 aromatic heterocycles. The molecule has 26 heavy (non-hydrogen) atoms. The van der Waals surface area contributed by atoms with E-state index in [2.05, 4.69) is 0 Å². The molecule has 0 N–H and O–H groups in total. The van der Waals surface area contributed by atoms with E-state index in [9.17, 15) is 13.7 Å². The molecule has 0 radical (unpaired) electrons. The predicted molar refractivity (Wildman–Crippen MR) is 104 cm³/mol. The van der Waals surface area contributed by atoms with Crippen molar-refractivity contribution in [2.75, 3.05) is 13.1 Å². The summed E-state index contributed by atoms with van der Waals surface area (Å²) in [5.41, 5.74) is 0.314. The number of rotatable bonds is 4. The lowest BCUT2D eigenvalue weighted by Gasteiger charge is -2.26. The van der Waals surface area contributed by atoms with E-state index in [-0.39, 0.29) is 4.90 Å². The van der Waals surface area contributed by atoms with Gasteiger partial charge in [-0.15, -0.1) is 0 Å². The molecule has 1 heterocycles. The maximum absolute atomic E-state index is 13.2. The predicted octanol–water partition coefficient (Wildman–Crippen LogP) is 5.19. The molecule has 4 nitrogen and oxygen atoms in total. The van der Waals surface area contributed by atoms with Crippen molar-refractivity contribution in [3.63, 3.8) is 0 Å². The molecular weight excluding hydrogens is 411 g/mol. The molecule has 0 aliphatic carbocycles. The Kier molecular flexibility index (Phi) is 6.16. The van der Waals surface area contributed by atoms with Crippen LogP contribution in [0.1, 0.15) is 24.8 Å². The van der Waals surface area contributed by atoms with Crippen LogP contribution in [0.2, 0.25) is 10.0 Å². The molecule has 1 aliphatic rings. The number of hydrogen-bond acceptors (Lipinski definition) is 4. The molecule has 1 fully saturated rings. The average molecular weight is 427 g/mol. The van der Waals surface area contributed by atoms with Gasteiger partial charge in [0.2, 0.25) is 10.0 Å². The summed E-state index contributed by atoms with van der Waals surface area (Å²) in [5.74, 6) is 0. The second kappa shape index (κ2) is 8.20. The summed E-state index contributed by atoms with van der Waals surface area (Å²) in [5, 5.41) is 10.2. The molecule has 1 aliphatic heterocycles. The Morgan fingerprint density at radius 3 is 2.27 bits per heavy atom. The van der Waals surface area contributed by atoms with E-state index in [1.807, 2.05) is 6.07 Å². The number of sulfonamides is 1. The van der Waals surface area contributed by atoms with Gasteiger partial charge in [-0.2, -0.15) is 9.57 Å². The smallest absolute Gasteiger partial charge is 0.207 e. The third-order valence-corrected chi connectivity index (χ3v) is 7.62.